The molecule has 3 nitrogen and oxygen atoms in total. The fraction of sp³-hybridized carbons (Fsp3) is 1.00. The van der Waals surface area contributed by atoms with E-state index >= 15 is 0 Å². The van der Waals surface area contributed by atoms with Gasteiger partial charge in [0.2, 0.25) is 0 Å². The molecule has 0 aromatic heterocycles. The number of methoxy groups -OCH3 is 1. The standard InChI is InChI=1S/C13H26N2OS/c1-10-4-7-15(9-11(10)16-2)12(8-14)13(17-3)5-6-13/h10-12H,4-9,14H2,1-3H3. The van der Waals surface area contributed by atoms with Crippen molar-refractivity contribution in [3.05, 3.63) is 0 Å². The summed E-state index contributed by atoms with van der Waals surface area (Å²) in [7, 11) is 1.84. The number of likely N-dealkylation sites (tertiary alicyclic amines) is 1. The second-order valence-electron chi connectivity index (χ2n) is 5.56. The highest BCUT2D eigenvalue weighted by molar-refractivity contribution is 8.00. The molecular weight excluding hydrogens is 232 g/mol. The molecule has 0 bridgehead atoms. The van der Waals surface area contributed by atoms with Crippen LogP contribution in [0.5, 0.6) is 0 Å². The van der Waals surface area contributed by atoms with E-state index in [0.717, 1.165) is 13.1 Å². The van der Waals surface area contributed by atoms with Gasteiger partial charge in [-0.2, -0.15) is 11.8 Å². The summed E-state index contributed by atoms with van der Waals surface area (Å²) in [6, 6.07) is 0.544. The first-order valence-corrected chi connectivity index (χ1v) is 7.91. The van der Waals surface area contributed by atoms with Crippen LogP contribution in [-0.2, 0) is 4.74 Å². The summed E-state index contributed by atoms with van der Waals surface area (Å²) in [6.45, 7) is 5.32. The first kappa shape index (κ1) is 13.7. The van der Waals surface area contributed by atoms with Crippen LogP contribution in [0.2, 0.25) is 0 Å². The number of nitrogens with zero attached hydrogens (tertiary/aromatic N) is 1. The summed E-state index contributed by atoms with van der Waals surface area (Å²) in [6.07, 6.45) is 6.52. The van der Waals surface area contributed by atoms with Crippen molar-refractivity contribution in [1.29, 1.82) is 0 Å². The van der Waals surface area contributed by atoms with Crippen LogP contribution in [0.15, 0.2) is 0 Å². The van der Waals surface area contributed by atoms with Gasteiger partial charge in [-0.1, -0.05) is 6.92 Å². The van der Waals surface area contributed by atoms with E-state index in [2.05, 4.69) is 18.1 Å². The van der Waals surface area contributed by atoms with E-state index in [0.29, 0.717) is 22.8 Å². The van der Waals surface area contributed by atoms with Gasteiger partial charge in [0.1, 0.15) is 0 Å². The predicted molar refractivity (Wildman–Crippen MR) is 74.5 cm³/mol. The number of ether oxygens (including phenoxy) is 1. The van der Waals surface area contributed by atoms with Gasteiger partial charge in [0.25, 0.3) is 0 Å². The topological polar surface area (TPSA) is 38.5 Å². The highest BCUT2D eigenvalue weighted by Gasteiger charge is 2.51. The second-order valence-corrected chi connectivity index (χ2v) is 6.78. The van der Waals surface area contributed by atoms with Crippen LogP contribution in [-0.4, -0.2) is 54.8 Å². The van der Waals surface area contributed by atoms with E-state index in [-0.39, 0.29) is 0 Å². The number of hydrogen-bond donors (Lipinski definition) is 1. The Kier molecular flexibility index (Phi) is 4.40. The molecule has 1 aliphatic carbocycles. The van der Waals surface area contributed by atoms with Gasteiger partial charge >= 0.3 is 0 Å². The molecule has 1 saturated heterocycles. The van der Waals surface area contributed by atoms with Crippen LogP contribution < -0.4 is 5.73 Å². The van der Waals surface area contributed by atoms with Crippen molar-refractivity contribution in [1.82, 2.24) is 4.90 Å². The fourth-order valence-corrected chi connectivity index (χ4v) is 4.17. The molecule has 1 saturated carbocycles. The van der Waals surface area contributed by atoms with Crippen molar-refractivity contribution in [2.75, 3.05) is 33.0 Å². The Balaban J connectivity index is 2.01. The smallest absolute Gasteiger partial charge is 0.0724 e. The quantitative estimate of drug-likeness (QED) is 0.812. The second kappa shape index (κ2) is 5.47. The summed E-state index contributed by atoms with van der Waals surface area (Å²) in [5, 5.41) is 0. The molecule has 2 N–H and O–H groups in total. The molecule has 3 atom stereocenters. The lowest BCUT2D eigenvalue weighted by Crippen LogP contribution is -2.55. The molecule has 0 aromatic rings. The summed E-state index contributed by atoms with van der Waals surface area (Å²) in [5.41, 5.74) is 6.03. The van der Waals surface area contributed by atoms with Crippen LogP contribution in [0.25, 0.3) is 0 Å². The maximum Gasteiger partial charge on any atom is 0.0724 e. The van der Waals surface area contributed by atoms with E-state index in [1.165, 1.54) is 25.8 Å². The monoisotopic (exact) mass is 258 g/mol. The van der Waals surface area contributed by atoms with E-state index in [9.17, 15) is 0 Å². The lowest BCUT2D eigenvalue weighted by atomic mass is 9.93. The van der Waals surface area contributed by atoms with Crippen molar-refractivity contribution < 1.29 is 4.74 Å². The molecular formula is C13H26N2OS. The Morgan fingerprint density at radius 2 is 2.24 bits per heavy atom. The van der Waals surface area contributed by atoms with Crippen molar-refractivity contribution in [2.45, 2.75) is 43.1 Å². The summed E-state index contributed by atoms with van der Waals surface area (Å²) in [4.78, 5) is 2.58. The van der Waals surface area contributed by atoms with Crippen molar-refractivity contribution >= 4 is 11.8 Å². The number of rotatable bonds is 5. The fourth-order valence-electron chi connectivity index (χ4n) is 3.14. The molecule has 3 unspecified atom stereocenters. The third-order valence-corrected chi connectivity index (χ3v) is 6.14. The van der Waals surface area contributed by atoms with E-state index in [1.54, 1.807) is 0 Å². The SMILES string of the molecule is COC1CN(C(CN)C2(SC)CC2)CCC1C. The van der Waals surface area contributed by atoms with Crippen LogP contribution in [0, 0.1) is 5.92 Å². The zero-order chi connectivity index (χ0) is 12.5. The molecule has 0 spiro atoms. The van der Waals surface area contributed by atoms with Gasteiger partial charge in [0, 0.05) is 31.0 Å². The van der Waals surface area contributed by atoms with Crippen LogP contribution in [0.3, 0.4) is 0 Å². The number of piperidine rings is 1. The summed E-state index contributed by atoms with van der Waals surface area (Å²) >= 11 is 2.01. The molecule has 2 rings (SSSR count). The number of thioether (sulfide) groups is 1. The minimum atomic E-state index is 0.385. The molecule has 1 heterocycles. The molecule has 0 aromatic carbocycles. The minimum Gasteiger partial charge on any atom is -0.380 e. The first-order valence-electron chi connectivity index (χ1n) is 6.69. The molecule has 2 aliphatic rings. The lowest BCUT2D eigenvalue weighted by molar-refractivity contribution is -0.0190. The maximum absolute atomic E-state index is 6.03. The number of nitrogens with two attached hydrogens (primary N) is 1. The molecule has 2 fully saturated rings. The van der Waals surface area contributed by atoms with Gasteiger partial charge in [0.05, 0.1) is 6.10 Å². The lowest BCUT2D eigenvalue weighted by Gasteiger charge is -2.43. The van der Waals surface area contributed by atoms with Crippen LogP contribution in [0.1, 0.15) is 26.2 Å². The molecule has 0 radical (unpaired) electrons. The number of hydrogen-bond acceptors (Lipinski definition) is 4. The zero-order valence-electron chi connectivity index (χ0n) is 11.3. The minimum absolute atomic E-state index is 0.385. The molecule has 4 heteroatoms. The van der Waals surface area contributed by atoms with E-state index in [1.807, 2.05) is 18.9 Å². The Bertz CT molecular complexity index is 258. The average Bonchev–Trinajstić information content (AvgIpc) is 3.13. The third-order valence-electron chi connectivity index (χ3n) is 4.64. The summed E-state index contributed by atoms with van der Waals surface area (Å²) < 4.78 is 6.06. The van der Waals surface area contributed by atoms with Gasteiger partial charge in [-0.3, -0.25) is 4.90 Å². The summed E-state index contributed by atoms with van der Waals surface area (Å²) in [5.74, 6) is 0.680. The van der Waals surface area contributed by atoms with Crippen molar-refractivity contribution in [2.24, 2.45) is 11.7 Å². The average molecular weight is 258 g/mol. The van der Waals surface area contributed by atoms with Gasteiger partial charge < -0.3 is 10.5 Å². The molecule has 0 amide bonds. The zero-order valence-corrected chi connectivity index (χ0v) is 12.1. The van der Waals surface area contributed by atoms with Crippen LogP contribution >= 0.6 is 11.8 Å². The van der Waals surface area contributed by atoms with E-state index in [4.69, 9.17) is 10.5 Å². The normalized spacial score (nSPS) is 34.6. The van der Waals surface area contributed by atoms with Crippen molar-refractivity contribution in [3.63, 3.8) is 0 Å². The predicted octanol–water partition coefficient (Wildman–Crippen LogP) is 1.57. The Morgan fingerprint density at radius 3 is 2.71 bits per heavy atom. The van der Waals surface area contributed by atoms with Crippen LogP contribution in [0.4, 0.5) is 0 Å². The largest absolute Gasteiger partial charge is 0.380 e. The Morgan fingerprint density at radius 1 is 1.53 bits per heavy atom. The molecule has 100 valence electrons. The third kappa shape index (κ3) is 2.65. The first-order chi connectivity index (χ1) is 8.16. The van der Waals surface area contributed by atoms with Gasteiger partial charge in [-0.25, -0.2) is 0 Å². The highest BCUT2D eigenvalue weighted by Crippen LogP contribution is 2.51. The van der Waals surface area contributed by atoms with Gasteiger partial charge in [-0.15, -0.1) is 0 Å². The highest BCUT2D eigenvalue weighted by atomic mass is 32.2. The molecule has 17 heavy (non-hydrogen) atoms. The van der Waals surface area contributed by atoms with E-state index < -0.39 is 0 Å². The van der Waals surface area contributed by atoms with Crippen molar-refractivity contribution in [3.8, 4) is 0 Å². The Labute approximate surface area is 109 Å². The maximum atomic E-state index is 6.03. The Hall–Kier alpha value is 0.230. The molecule has 1 aliphatic heterocycles. The van der Waals surface area contributed by atoms with Gasteiger partial charge in [-0.05, 0) is 38.0 Å². The van der Waals surface area contributed by atoms with Gasteiger partial charge in [0.15, 0.2) is 0 Å².